The van der Waals surface area contributed by atoms with Gasteiger partial charge in [0.1, 0.15) is 40.7 Å². The van der Waals surface area contributed by atoms with E-state index in [1.807, 2.05) is 39.0 Å². The van der Waals surface area contributed by atoms with Gasteiger partial charge in [0.15, 0.2) is 0 Å². The number of nitrogens with one attached hydrogen (secondary N) is 1. The number of ether oxygens (including phenoxy) is 3. The molecule has 0 spiro atoms. The summed E-state index contributed by atoms with van der Waals surface area (Å²) in [6, 6.07) is 22.4. The van der Waals surface area contributed by atoms with Gasteiger partial charge in [-0.2, -0.15) is 5.26 Å². The van der Waals surface area contributed by atoms with E-state index >= 15 is 0 Å². The highest BCUT2D eigenvalue weighted by molar-refractivity contribution is 5.68. The summed E-state index contributed by atoms with van der Waals surface area (Å²) in [5, 5.41) is 11.8. The lowest BCUT2D eigenvalue weighted by Crippen LogP contribution is -2.50. The first kappa shape index (κ1) is 26.6. The van der Waals surface area contributed by atoms with Crippen LogP contribution >= 0.6 is 0 Å². The van der Waals surface area contributed by atoms with Gasteiger partial charge in [0.2, 0.25) is 0 Å². The average molecular weight is 526 g/mol. The van der Waals surface area contributed by atoms with Crippen molar-refractivity contribution in [1.29, 1.82) is 5.26 Å². The standard InChI is InChI=1S/C32H35N3O4/c1-31(2,3)39-30(36)35-25-18-29(19-25)38-27-13-8-23(9-14-27)32(16-4-5-17-32)22-6-11-26(12-7-22)37-28-15-10-24(20-33)34-21-28/h6-15,21,25,29H,4-5,16-19H2,1-3H3,(H,35,36). The molecule has 0 aliphatic heterocycles. The SMILES string of the molecule is CC(C)(C)OC(=O)NC1CC(Oc2ccc(C3(c4ccc(Oc5ccc(C#N)nc5)cc4)CCCC3)cc2)C1. The van der Waals surface area contributed by atoms with Gasteiger partial charge < -0.3 is 19.5 Å². The minimum absolute atomic E-state index is 0.0219. The van der Waals surface area contributed by atoms with Crippen LogP contribution in [0.1, 0.15) is 76.1 Å². The smallest absolute Gasteiger partial charge is 0.407 e. The number of benzene rings is 2. The second kappa shape index (κ2) is 11.0. The van der Waals surface area contributed by atoms with E-state index in [-0.39, 0.29) is 23.7 Å². The molecule has 39 heavy (non-hydrogen) atoms. The van der Waals surface area contributed by atoms with Gasteiger partial charge >= 0.3 is 6.09 Å². The molecule has 2 fully saturated rings. The van der Waals surface area contributed by atoms with Crippen LogP contribution in [0.4, 0.5) is 4.79 Å². The van der Waals surface area contributed by atoms with Crippen molar-refractivity contribution in [2.45, 2.75) is 82.5 Å². The quantitative estimate of drug-likeness (QED) is 0.356. The van der Waals surface area contributed by atoms with Crippen molar-refractivity contribution >= 4 is 6.09 Å². The van der Waals surface area contributed by atoms with E-state index in [0.29, 0.717) is 11.4 Å². The van der Waals surface area contributed by atoms with Crippen LogP contribution in [0.25, 0.3) is 0 Å². The Balaban J connectivity index is 1.20. The number of hydrogen-bond acceptors (Lipinski definition) is 6. The van der Waals surface area contributed by atoms with Crippen molar-refractivity contribution in [3.05, 3.63) is 83.7 Å². The number of nitrogens with zero attached hydrogens (tertiary/aromatic N) is 2. The summed E-state index contributed by atoms with van der Waals surface area (Å²) >= 11 is 0. The average Bonchev–Trinajstić information content (AvgIpc) is 3.39. The molecule has 202 valence electrons. The predicted molar refractivity (Wildman–Crippen MR) is 148 cm³/mol. The third kappa shape index (κ3) is 6.34. The topological polar surface area (TPSA) is 93.5 Å². The van der Waals surface area contributed by atoms with Gasteiger partial charge in [-0.05, 0) is 81.1 Å². The highest BCUT2D eigenvalue weighted by Crippen LogP contribution is 2.47. The molecular formula is C32H35N3O4. The molecule has 0 radical (unpaired) electrons. The first-order valence-electron chi connectivity index (χ1n) is 13.6. The normalized spacial score (nSPS) is 19.8. The van der Waals surface area contributed by atoms with Crippen LogP contribution in [0.5, 0.6) is 17.2 Å². The van der Waals surface area contributed by atoms with E-state index in [1.165, 1.54) is 24.0 Å². The summed E-state index contributed by atoms with van der Waals surface area (Å²) in [6.45, 7) is 5.58. The van der Waals surface area contributed by atoms with Gasteiger partial charge in [0.05, 0.1) is 6.20 Å². The van der Waals surface area contributed by atoms with E-state index in [2.05, 4.69) is 46.7 Å². The molecule has 1 amide bonds. The Kier molecular flexibility index (Phi) is 7.47. The molecule has 2 aromatic carbocycles. The van der Waals surface area contributed by atoms with Crippen LogP contribution in [-0.4, -0.2) is 28.8 Å². The number of pyridine rings is 1. The number of alkyl carbamates (subject to hydrolysis) is 1. The lowest BCUT2D eigenvalue weighted by molar-refractivity contribution is 0.0363. The molecule has 0 atom stereocenters. The molecule has 2 saturated carbocycles. The van der Waals surface area contributed by atoms with Gasteiger partial charge in [-0.25, -0.2) is 9.78 Å². The molecule has 0 bridgehead atoms. The van der Waals surface area contributed by atoms with Crippen molar-refractivity contribution in [3.63, 3.8) is 0 Å². The lowest BCUT2D eigenvalue weighted by Gasteiger charge is -2.36. The molecule has 7 heteroatoms. The van der Waals surface area contributed by atoms with Crippen LogP contribution in [0.15, 0.2) is 66.9 Å². The number of amides is 1. The number of carbonyl (C=O) groups is 1. The lowest BCUT2D eigenvalue weighted by atomic mass is 9.73. The minimum atomic E-state index is -0.498. The van der Waals surface area contributed by atoms with Gasteiger partial charge in [-0.3, -0.25) is 0 Å². The van der Waals surface area contributed by atoms with Crippen molar-refractivity contribution in [3.8, 4) is 23.3 Å². The van der Waals surface area contributed by atoms with Crippen molar-refractivity contribution in [2.75, 3.05) is 0 Å². The molecule has 1 heterocycles. The summed E-state index contributed by atoms with van der Waals surface area (Å²) in [5.74, 6) is 2.20. The molecule has 0 saturated heterocycles. The van der Waals surface area contributed by atoms with E-state index in [4.69, 9.17) is 19.5 Å². The summed E-state index contributed by atoms with van der Waals surface area (Å²) in [4.78, 5) is 16.0. The third-order valence-electron chi connectivity index (χ3n) is 7.48. The number of nitriles is 1. The van der Waals surface area contributed by atoms with E-state index in [0.717, 1.165) is 37.2 Å². The van der Waals surface area contributed by atoms with E-state index < -0.39 is 5.60 Å². The van der Waals surface area contributed by atoms with Gasteiger partial charge in [0, 0.05) is 24.3 Å². The molecule has 2 aliphatic carbocycles. The maximum absolute atomic E-state index is 12.0. The summed E-state index contributed by atoms with van der Waals surface area (Å²) in [6.07, 6.45) is 7.44. The Morgan fingerprint density at radius 3 is 2.05 bits per heavy atom. The molecular weight excluding hydrogens is 490 g/mol. The number of aromatic nitrogens is 1. The van der Waals surface area contributed by atoms with Crippen molar-refractivity contribution in [2.24, 2.45) is 0 Å². The van der Waals surface area contributed by atoms with Crippen LogP contribution < -0.4 is 14.8 Å². The monoisotopic (exact) mass is 525 g/mol. The van der Waals surface area contributed by atoms with E-state index in [1.54, 1.807) is 18.3 Å². The number of carbonyl (C=O) groups excluding carboxylic acids is 1. The fourth-order valence-corrected chi connectivity index (χ4v) is 5.51. The molecule has 3 aromatic rings. The van der Waals surface area contributed by atoms with Gasteiger partial charge in [-0.15, -0.1) is 0 Å². The van der Waals surface area contributed by atoms with Crippen LogP contribution in [0.2, 0.25) is 0 Å². The molecule has 5 rings (SSSR count). The summed E-state index contributed by atoms with van der Waals surface area (Å²) < 4.78 is 17.4. The minimum Gasteiger partial charge on any atom is -0.490 e. The van der Waals surface area contributed by atoms with Crippen molar-refractivity contribution < 1.29 is 19.0 Å². The van der Waals surface area contributed by atoms with Crippen LogP contribution in [0, 0.1) is 11.3 Å². The Morgan fingerprint density at radius 2 is 1.51 bits per heavy atom. The van der Waals surface area contributed by atoms with Crippen LogP contribution in [-0.2, 0) is 10.2 Å². The fraction of sp³-hybridized carbons (Fsp3) is 0.406. The number of rotatable bonds is 7. The first-order valence-corrected chi connectivity index (χ1v) is 13.6. The summed E-state index contributed by atoms with van der Waals surface area (Å²) in [7, 11) is 0. The number of hydrogen-bond donors (Lipinski definition) is 1. The zero-order valence-electron chi connectivity index (χ0n) is 22.8. The Morgan fingerprint density at radius 1 is 0.923 bits per heavy atom. The predicted octanol–water partition coefficient (Wildman–Crippen LogP) is 7.04. The fourth-order valence-electron chi connectivity index (χ4n) is 5.51. The molecule has 1 aromatic heterocycles. The Bertz CT molecular complexity index is 1310. The Hall–Kier alpha value is -4.05. The molecule has 1 N–H and O–H groups in total. The van der Waals surface area contributed by atoms with Gasteiger partial charge in [0.25, 0.3) is 0 Å². The van der Waals surface area contributed by atoms with Crippen LogP contribution in [0.3, 0.4) is 0 Å². The summed E-state index contributed by atoms with van der Waals surface area (Å²) in [5.41, 5.74) is 2.43. The molecule has 2 aliphatic rings. The second-order valence-corrected chi connectivity index (χ2v) is 11.5. The van der Waals surface area contributed by atoms with E-state index in [9.17, 15) is 4.79 Å². The second-order valence-electron chi connectivity index (χ2n) is 11.5. The third-order valence-corrected chi connectivity index (χ3v) is 7.48. The maximum atomic E-state index is 12.0. The Labute approximate surface area is 230 Å². The van der Waals surface area contributed by atoms with Crippen molar-refractivity contribution in [1.82, 2.24) is 10.3 Å². The zero-order valence-corrected chi connectivity index (χ0v) is 22.8. The maximum Gasteiger partial charge on any atom is 0.407 e. The highest BCUT2D eigenvalue weighted by atomic mass is 16.6. The zero-order chi connectivity index (χ0) is 27.5. The largest absolute Gasteiger partial charge is 0.490 e. The molecule has 0 unspecified atom stereocenters. The first-order chi connectivity index (χ1) is 18.7. The highest BCUT2D eigenvalue weighted by Gasteiger charge is 2.38. The van der Waals surface area contributed by atoms with Gasteiger partial charge in [-0.1, -0.05) is 37.1 Å². The molecule has 7 nitrogen and oxygen atoms in total.